The molecule has 2 atom stereocenters. The van der Waals surface area contributed by atoms with Gasteiger partial charge in [0, 0.05) is 57.6 Å². The van der Waals surface area contributed by atoms with Crippen molar-refractivity contribution in [2.24, 2.45) is 5.92 Å². The minimum atomic E-state index is -0.00371. The first-order valence-electron chi connectivity index (χ1n) is 8.47. The lowest BCUT2D eigenvalue weighted by atomic mass is 9.97. The van der Waals surface area contributed by atoms with E-state index in [1.165, 1.54) is 0 Å². The summed E-state index contributed by atoms with van der Waals surface area (Å²) in [7, 11) is 0. The second kappa shape index (κ2) is 7.61. The number of carbonyl (C=O) groups excluding carboxylic acids is 1. The predicted molar refractivity (Wildman–Crippen MR) is 91.9 cm³/mol. The van der Waals surface area contributed by atoms with Crippen molar-refractivity contribution >= 4 is 12.0 Å². The zero-order chi connectivity index (χ0) is 16.9. The van der Waals surface area contributed by atoms with Crippen LogP contribution in [0, 0.1) is 5.92 Å². The normalized spacial score (nSPS) is 24.0. The van der Waals surface area contributed by atoms with E-state index in [-0.39, 0.29) is 12.1 Å². The molecule has 1 N–H and O–H groups in total. The van der Waals surface area contributed by atoms with E-state index in [1.54, 1.807) is 18.5 Å². The quantitative estimate of drug-likeness (QED) is 0.842. The van der Waals surface area contributed by atoms with Crippen LogP contribution >= 0.6 is 0 Å². The van der Waals surface area contributed by atoms with Crippen molar-refractivity contribution in [3.63, 3.8) is 0 Å². The van der Waals surface area contributed by atoms with Crippen LogP contribution in [-0.2, 0) is 4.74 Å². The smallest absolute Gasteiger partial charge is 0.317 e. The summed E-state index contributed by atoms with van der Waals surface area (Å²) in [4.78, 5) is 24.9. The minimum Gasteiger partial charge on any atom is -0.374 e. The number of hydrogen-bond acceptors (Lipinski definition) is 5. The Balaban J connectivity index is 1.45. The highest BCUT2D eigenvalue weighted by molar-refractivity contribution is 5.74. The van der Waals surface area contributed by atoms with Gasteiger partial charge in [0.2, 0.25) is 5.95 Å². The van der Waals surface area contributed by atoms with Crippen LogP contribution in [0.5, 0.6) is 0 Å². The molecule has 7 heteroatoms. The SMILES string of the molecule is C=C(C)[C@@H]1OCC[C@H]1CNC(=O)N1CCN(c2ncccn2)CC1. The van der Waals surface area contributed by atoms with Crippen LogP contribution < -0.4 is 10.2 Å². The van der Waals surface area contributed by atoms with Crippen LogP contribution in [0.2, 0.25) is 0 Å². The first-order valence-corrected chi connectivity index (χ1v) is 8.47. The third-order valence-corrected chi connectivity index (χ3v) is 4.62. The van der Waals surface area contributed by atoms with Crippen molar-refractivity contribution in [1.82, 2.24) is 20.2 Å². The number of anilines is 1. The topological polar surface area (TPSA) is 70.6 Å². The molecule has 2 saturated heterocycles. The van der Waals surface area contributed by atoms with E-state index in [4.69, 9.17) is 4.74 Å². The van der Waals surface area contributed by atoms with Crippen LogP contribution in [-0.4, -0.2) is 66.3 Å². The largest absolute Gasteiger partial charge is 0.374 e. The number of carbonyl (C=O) groups is 1. The van der Waals surface area contributed by atoms with E-state index in [0.717, 1.165) is 37.6 Å². The summed E-state index contributed by atoms with van der Waals surface area (Å²) in [5.74, 6) is 1.05. The number of urea groups is 1. The number of aromatic nitrogens is 2. The molecular weight excluding hydrogens is 306 g/mol. The summed E-state index contributed by atoms with van der Waals surface area (Å²) in [6, 6.07) is 1.80. The van der Waals surface area contributed by atoms with E-state index in [1.807, 2.05) is 11.8 Å². The Labute approximate surface area is 142 Å². The molecule has 3 heterocycles. The monoisotopic (exact) mass is 331 g/mol. The fourth-order valence-electron chi connectivity index (χ4n) is 3.28. The summed E-state index contributed by atoms with van der Waals surface area (Å²) in [5.41, 5.74) is 1.03. The molecule has 0 radical (unpaired) electrons. The second-order valence-corrected chi connectivity index (χ2v) is 6.40. The van der Waals surface area contributed by atoms with Crippen LogP contribution in [0.3, 0.4) is 0 Å². The molecule has 2 aliphatic rings. The molecule has 0 spiro atoms. The number of ether oxygens (including phenoxy) is 1. The van der Waals surface area contributed by atoms with Crippen LogP contribution in [0.15, 0.2) is 30.6 Å². The van der Waals surface area contributed by atoms with Gasteiger partial charge in [-0.1, -0.05) is 12.2 Å². The van der Waals surface area contributed by atoms with Crippen molar-refractivity contribution in [3.05, 3.63) is 30.6 Å². The third-order valence-electron chi connectivity index (χ3n) is 4.62. The molecule has 3 rings (SSSR count). The highest BCUT2D eigenvalue weighted by atomic mass is 16.5. The third kappa shape index (κ3) is 3.84. The number of nitrogens with zero attached hydrogens (tertiary/aromatic N) is 4. The first-order chi connectivity index (χ1) is 11.6. The number of hydrogen-bond donors (Lipinski definition) is 1. The van der Waals surface area contributed by atoms with Crippen LogP contribution in [0.1, 0.15) is 13.3 Å². The highest BCUT2D eigenvalue weighted by Gasteiger charge is 2.30. The Morgan fingerprint density at radius 1 is 1.33 bits per heavy atom. The molecule has 2 aliphatic heterocycles. The van der Waals surface area contributed by atoms with E-state index < -0.39 is 0 Å². The van der Waals surface area contributed by atoms with Crippen molar-refractivity contribution in [2.75, 3.05) is 44.2 Å². The molecule has 0 bridgehead atoms. The lowest BCUT2D eigenvalue weighted by Gasteiger charge is -2.34. The van der Waals surface area contributed by atoms with Crippen molar-refractivity contribution < 1.29 is 9.53 Å². The summed E-state index contributed by atoms with van der Waals surface area (Å²) >= 11 is 0. The number of nitrogens with one attached hydrogen (secondary N) is 1. The second-order valence-electron chi connectivity index (χ2n) is 6.40. The fourth-order valence-corrected chi connectivity index (χ4v) is 3.28. The van der Waals surface area contributed by atoms with Gasteiger partial charge >= 0.3 is 6.03 Å². The highest BCUT2D eigenvalue weighted by Crippen LogP contribution is 2.25. The van der Waals surface area contributed by atoms with Gasteiger partial charge in [-0.15, -0.1) is 0 Å². The van der Waals surface area contributed by atoms with Gasteiger partial charge in [0.25, 0.3) is 0 Å². The summed E-state index contributed by atoms with van der Waals surface area (Å²) in [5, 5.41) is 3.05. The van der Waals surface area contributed by atoms with Gasteiger partial charge < -0.3 is 19.9 Å². The lowest BCUT2D eigenvalue weighted by Crippen LogP contribution is -2.53. The molecule has 2 amide bonds. The number of rotatable bonds is 4. The summed E-state index contributed by atoms with van der Waals surface area (Å²) in [6.07, 6.45) is 4.51. The number of piperazine rings is 1. The Kier molecular flexibility index (Phi) is 5.30. The molecule has 0 aliphatic carbocycles. The molecule has 2 fully saturated rings. The van der Waals surface area contributed by atoms with E-state index >= 15 is 0 Å². The van der Waals surface area contributed by atoms with Crippen LogP contribution in [0.4, 0.5) is 10.7 Å². The molecule has 130 valence electrons. The molecule has 24 heavy (non-hydrogen) atoms. The lowest BCUT2D eigenvalue weighted by molar-refractivity contribution is 0.118. The standard InChI is InChI=1S/C17H25N5O2/c1-13(2)15-14(4-11-24-15)12-20-17(23)22-9-7-21(8-10-22)16-18-5-3-6-19-16/h3,5-6,14-15H,1,4,7-12H2,2H3,(H,20,23)/t14-,15-/m0/s1. The molecule has 0 saturated carbocycles. The van der Waals surface area contributed by atoms with Gasteiger partial charge in [0.15, 0.2) is 0 Å². The molecule has 0 aromatic carbocycles. The van der Waals surface area contributed by atoms with Gasteiger partial charge in [-0.3, -0.25) is 0 Å². The molecule has 1 aromatic rings. The molecule has 1 aromatic heterocycles. The van der Waals surface area contributed by atoms with Crippen molar-refractivity contribution in [1.29, 1.82) is 0 Å². The van der Waals surface area contributed by atoms with Gasteiger partial charge in [-0.05, 0) is 19.4 Å². The van der Waals surface area contributed by atoms with E-state index in [2.05, 4.69) is 26.8 Å². The van der Waals surface area contributed by atoms with Gasteiger partial charge in [0.1, 0.15) is 0 Å². The van der Waals surface area contributed by atoms with Gasteiger partial charge in [0.05, 0.1) is 6.10 Å². The first kappa shape index (κ1) is 16.7. The van der Waals surface area contributed by atoms with Crippen molar-refractivity contribution in [3.8, 4) is 0 Å². The van der Waals surface area contributed by atoms with Gasteiger partial charge in [-0.2, -0.15) is 0 Å². The predicted octanol–water partition coefficient (Wildman–Crippen LogP) is 1.29. The fraction of sp³-hybridized carbons (Fsp3) is 0.588. The summed E-state index contributed by atoms with van der Waals surface area (Å²) in [6.45, 7) is 10.2. The van der Waals surface area contributed by atoms with E-state index in [0.29, 0.717) is 25.6 Å². The zero-order valence-corrected chi connectivity index (χ0v) is 14.1. The Hall–Kier alpha value is -2.15. The number of amides is 2. The summed E-state index contributed by atoms with van der Waals surface area (Å²) < 4.78 is 5.68. The minimum absolute atomic E-state index is 0.00371. The van der Waals surface area contributed by atoms with E-state index in [9.17, 15) is 4.79 Å². The van der Waals surface area contributed by atoms with Crippen molar-refractivity contribution in [2.45, 2.75) is 19.4 Å². The maximum absolute atomic E-state index is 12.4. The average Bonchev–Trinajstić information content (AvgIpc) is 3.09. The Morgan fingerprint density at radius 3 is 2.71 bits per heavy atom. The molecule has 7 nitrogen and oxygen atoms in total. The van der Waals surface area contributed by atoms with Gasteiger partial charge in [-0.25, -0.2) is 14.8 Å². The Bertz CT molecular complexity index is 572. The average molecular weight is 331 g/mol. The Morgan fingerprint density at radius 2 is 2.04 bits per heavy atom. The maximum atomic E-state index is 12.4. The maximum Gasteiger partial charge on any atom is 0.317 e. The molecule has 0 unspecified atom stereocenters. The molecular formula is C17H25N5O2. The van der Waals surface area contributed by atoms with Crippen LogP contribution in [0.25, 0.3) is 0 Å². The zero-order valence-electron chi connectivity index (χ0n) is 14.1.